The third kappa shape index (κ3) is 4.01. The van der Waals surface area contributed by atoms with Gasteiger partial charge in [-0.1, -0.05) is 0 Å². The van der Waals surface area contributed by atoms with Gasteiger partial charge in [-0.05, 0) is 61.9 Å². The summed E-state index contributed by atoms with van der Waals surface area (Å²) in [6, 6.07) is 4.10. The Bertz CT molecular complexity index is 687. The molecule has 6 nitrogen and oxygen atoms in total. The molecule has 1 fully saturated rings. The van der Waals surface area contributed by atoms with Crippen LogP contribution in [-0.4, -0.2) is 52.6 Å². The molecule has 0 spiro atoms. The van der Waals surface area contributed by atoms with E-state index >= 15 is 0 Å². The normalized spacial score (nSPS) is 22.2. The lowest BCUT2D eigenvalue weighted by molar-refractivity contribution is -0.142. The Labute approximate surface area is 154 Å². The van der Waals surface area contributed by atoms with Crippen molar-refractivity contribution in [2.75, 3.05) is 41.0 Å². The summed E-state index contributed by atoms with van der Waals surface area (Å²) < 4.78 is 15.8. The number of carbonyl (C=O) groups is 1. The number of rotatable bonds is 6. The third-order valence-corrected chi connectivity index (χ3v) is 5.48. The smallest absolute Gasteiger partial charge is 0.305 e. The van der Waals surface area contributed by atoms with Gasteiger partial charge in [0, 0.05) is 24.2 Å². The monoisotopic (exact) mass is 360 g/mol. The molecule has 0 bridgehead atoms. The van der Waals surface area contributed by atoms with E-state index in [1.54, 1.807) is 14.2 Å². The largest absolute Gasteiger partial charge is 0.493 e. The molecular formula is C20H28N2O4. The second-order valence-corrected chi connectivity index (χ2v) is 6.94. The first-order valence-electron chi connectivity index (χ1n) is 9.22. The Morgan fingerprint density at radius 2 is 1.96 bits per heavy atom. The molecule has 2 aliphatic heterocycles. The summed E-state index contributed by atoms with van der Waals surface area (Å²) in [5.41, 5.74) is 3.51. The van der Waals surface area contributed by atoms with Gasteiger partial charge in [0.25, 0.3) is 0 Å². The van der Waals surface area contributed by atoms with Crippen molar-refractivity contribution in [3.63, 3.8) is 0 Å². The van der Waals surface area contributed by atoms with Crippen molar-refractivity contribution in [3.8, 4) is 11.5 Å². The van der Waals surface area contributed by atoms with Gasteiger partial charge in [-0.2, -0.15) is 0 Å². The molecule has 1 N–H and O–H groups in total. The number of carbonyl (C=O) groups excluding carboxylic acids is 1. The molecule has 2 aliphatic rings. The minimum Gasteiger partial charge on any atom is -0.493 e. The average Bonchev–Trinajstić information content (AvgIpc) is 2.68. The van der Waals surface area contributed by atoms with E-state index in [9.17, 15) is 4.79 Å². The topological polar surface area (TPSA) is 69.2 Å². The summed E-state index contributed by atoms with van der Waals surface area (Å²) in [5.74, 6) is 2.07. The molecule has 6 heteroatoms. The number of aliphatic imine (C=N–C) groups is 1. The SMILES string of the molecule is COC(=O)C[C@@H]1CCNC[C@@H]1CC1=NCCc2cc(OC)c(OC)cc21. The summed E-state index contributed by atoms with van der Waals surface area (Å²) in [6.07, 6.45) is 3.24. The standard InChI is InChI=1S/C20H28N2O4/c1-24-18-9-14-5-7-22-17(16(14)11-19(18)25-2)8-15-12-21-6-4-13(15)10-20(23)26-3/h9,11,13,15,21H,4-8,10,12H2,1-3H3/t13-,15-/m0/s1. The summed E-state index contributed by atoms with van der Waals surface area (Å²) in [7, 11) is 4.77. The van der Waals surface area contributed by atoms with Crippen LogP contribution in [0.1, 0.15) is 30.4 Å². The van der Waals surface area contributed by atoms with E-state index in [0.717, 1.165) is 61.7 Å². The Balaban J connectivity index is 1.81. The molecule has 1 saturated heterocycles. The molecule has 0 aliphatic carbocycles. The van der Waals surface area contributed by atoms with Crippen LogP contribution in [0.25, 0.3) is 0 Å². The van der Waals surface area contributed by atoms with E-state index in [2.05, 4.69) is 11.4 Å². The van der Waals surface area contributed by atoms with Crippen LogP contribution < -0.4 is 14.8 Å². The Morgan fingerprint density at radius 3 is 2.69 bits per heavy atom. The van der Waals surface area contributed by atoms with Crippen LogP contribution in [-0.2, 0) is 16.0 Å². The highest BCUT2D eigenvalue weighted by molar-refractivity contribution is 6.03. The minimum absolute atomic E-state index is 0.126. The molecule has 1 aromatic carbocycles. The van der Waals surface area contributed by atoms with Gasteiger partial charge in [0.1, 0.15) is 0 Å². The van der Waals surface area contributed by atoms with Crippen LogP contribution in [0.2, 0.25) is 0 Å². The van der Waals surface area contributed by atoms with Crippen LogP contribution in [0, 0.1) is 11.8 Å². The van der Waals surface area contributed by atoms with E-state index in [1.807, 2.05) is 6.07 Å². The number of benzene rings is 1. The molecule has 0 radical (unpaired) electrons. The fourth-order valence-electron chi connectivity index (χ4n) is 4.00. The number of fused-ring (bicyclic) bond motifs is 1. The average molecular weight is 360 g/mol. The van der Waals surface area contributed by atoms with Gasteiger partial charge < -0.3 is 19.5 Å². The molecule has 0 amide bonds. The maximum atomic E-state index is 11.8. The zero-order chi connectivity index (χ0) is 18.5. The predicted octanol–water partition coefficient (Wildman–Crippen LogP) is 2.23. The highest BCUT2D eigenvalue weighted by atomic mass is 16.5. The number of esters is 1. The fraction of sp³-hybridized carbons (Fsp3) is 0.600. The van der Waals surface area contributed by atoms with Gasteiger partial charge in [0.15, 0.2) is 11.5 Å². The summed E-state index contributed by atoms with van der Waals surface area (Å²) >= 11 is 0. The van der Waals surface area contributed by atoms with Crippen molar-refractivity contribution >= 4 is 11.7 Å². The van der Waals surface area contributed by atoms with E-state index in [-0.39, 0.29) is 5.97 Å². The molecule has 0 saturated carbocycles. The summed E-state index contributed by atoms with van der Waals surface area (Å²) in [4.78, 5) is 16.6. The molecular weight excluding hydrogens is 332 g/mol. The molecule has 3 rings (SSSR count). The third-order valence-electron chi connectivity index (χ3n) is 5.48. The second kappa shape index (κ2) is 8.54. The molecule has 2 heterocycles. The minimum atomic E-state index is -0.126. The van der Waals surface area contributed by atoms with Gasteiger partial charge in [-0.25, -0.2) is 0 Å². The highest BCUT2D eigenvalue weighted by Gasteiger charge is 2.30. The maximum Gasteiger partial charge on any atom is 0.305 e. The molecule has 26 heavy (non-hydrogen) atoms. The number of nitrogens with one attached hydrogen (secondary N) is 1. The lowest BCUT2D eigenvalue weighted by Crippen LogP contribution is -2.39. The van der Waals surface area contributed by atoms with Crippen LogP contribution >= 0.6 is 0 Å². The zero-order valence-electron chi connectivity index (χ0n) is 15.8. The molecule has 1 aromatic rings. The van der Waals surface area contributed by atoms with Gasteiger partial charge in [0.2, 0.25) is 0 Å². The first-order chi connectivity index (χ1) is 12.7. The molecule has 2 atom stereocenters. The Hall–Kier alpha value is -2.08. The fourth-order valence-corrected chi connectivity index (χ4v) is 4.00. The van der Waals surface area contributed by atoms with E-state index in [1.165, 1.54) is 12.7 Å². The first kappa shape index (κ1) is 18.7. The number of nitrogens with zero attached hydrogens (tertiary/aromatic N) is 1. The number of hydrogen-bond donors (Lipinski definition) is 1. The first-order valence-corrected chi connectivity index (χ1v) is 9.22. The maximum absolute atomic E-state index is 11.8. The number of methoxy groups -OCH3 is 3. The Kier molecular flexibility index (Phi) is 6.14. The molecule has 0 unspecified atom stereocenters. The summed E-state index contributed by atoms with van der Waals surface area (Å²) in [5, 5.41) is 3.46. The second-order valence-electron chi connectivity index (χ2n) is 6.94. The van der Waals surface area contributed by atoms with E-state index in [4.69, 9.17) is 19.2 Å². The molecule has 142 valence electrons. The van der Waals surface area contributed by atoms with Crippen molar-refractivity contribution in [1.29, 1.82) is 0 Å². The van der Waals surface area contributed by atoms with Gasteiger partial charge in [-0.15, -0.1) is 0 Å². The lowest BCUT2D eigenvalue weighted by Gasteiger charge is -2.33. The molecule has 0 aromatic heterocycles. The van der Waals surface area contributed by atoms with Gasteiger partial charge >= 0.3 is 5.97 Å². The van der Waals surface area contributed by atoms with Crippen LogP contribution in [0.15, 0.2) is 17.1 Å². The number of hydrogen-bond acceptors (Lipinski definition) is 6. The van der Waals surface area contributed by atoms with E-state index in [0.29, 0.717) is 18.3 Å². The van der Waals surface area contributed by atoms with Crippen molar-refractivity contribution in [1.82, 2.24) is 5.32 Å². The van der Waals surface area contributed by atoms with Gasteiger partial charge in [0.05, 0.1) is 21.3 Å². The number of ether oxygens (including phenoxy) is 3. The van der Waals surface area contributed by atoms with E-state index < -0.39 is 0 Å². The predicted molar refractivity (Wildman–Crippen MR) is 100 cm³/mol. The highest BCUT2D eigenvalue weighted by Crippen LogP contribution is 2.35. The quantitative estimate of drug-likeness (QED) is 0.788. The van der Waals surface area contributed by atoms with Crippen molar-refractivity contribution in [3.05, 3.63) is 23.3 Å². The van der Waals surface area contributed by atoms with Crippen molar-refractivity contribution in [2.45, 2.75) is 25.7 Å². The lowest BCUT2D eigenvalue weighted by atomic mass is 9.79. The Morgan fingerprint density at radius 1 is 1.19 bits per heavy atom. The number of piperidine rings is 1. The summed E-state index contributed by atoms with van der Waals surface area (Å²) in [6.45, 7) is 2.65. The van der Waals surface area contributed by atoms with Crippen molar-refractivity contribution < 1.29 is 19.0 Å². The van der Waals surface area contributed by atoms with Crippen LogP contribution in [0.3, 0.4) is 0 Å². The van der Waals surface area contributed by atoms with Crippen LogP contribution in [0.4, 0.5) is 0 Å². The zero-order valence-corrected chi connectivity index (χ0v) is 15.8. The van der Waals surface area contributed by atoms with Gasteiger partial charge in [-0.3, -0.25) is 9.79 Å². The van der Waals surface area contributed by atoms with Crippen molar-refractivity contribution in [2.24, 2.45) is 16.8 Å². The van der Waals surface area contributed by atoms with Crippen LogP contribution in [0.5, 0.6) is 11.5 Å².